The van der Waals surface area contributed by atoms with Gasteiger partial charge in [-0.1, -0.05) is 0 Å². The van der Waals surface area contributed by atoms with E-state index in [1.165, 1.54) is 0 Å². The highest BCUT2D eigenvalue weighted by Crippen LogP contribution is 2.05. The molecule has 1 amide bonds. The number of aliphatic hydroxyl groups is 1. The van der Waals surface area contributed by atoms with Crippen LogP contribution in [0, 0.1) is 0 Å². The maximum atomic E-state index is 11.7. The number of nitrogens with two attached hydrogens (primary N) is 1. The van der Waals surface area contributed by atoms with E-state index in [0.717, 1.165) is 0 Å². The molecule has 1 aliphatic heterocycles. The van der Waals surface area contributed by atoms with Gasteiger partial charge in [0.05, 0.1) is 26.2 Å². The second-order valence-corrected chi connectivity index (χ2v) is 7.15. The van der Waals surface area contributed by atoms with Gasteiger partial charge in [0.2, 0.25) is 5.91 Å². The summed E-state index contributed by atoms with van der Waals surface area (Å²) in [5, 5.41) is 37.0. The fraction of sp³-hybridized carbons (Fsp3) is 0.765. The average molecular weight is 433 g/mol. The van der Waals surface area contributed by atoms with E-state index in [1.807, 2.05) is 0 Å². The second kappa shape index (κ2) is 13.1. The topological polar surface area (TPSA) is 188 Å². The van der Waals surface area contributed by atoms with Gasteiger partial charge in [-0.3, -0.25) is 38.8 Å². The summed E-state index contributed by atoms with van der Waals surface area (Å²) in [6.45, 7) is 0.746. The number of carboxylic acids is 3. The van der Waals surface area contributed by atoms with Crippen molar-refractivity contribution in [2.24, 2.45) is 5.73 Å². The van der Waals surface area contributed by atoms with Gasteiger partial charge in [-0.25, -0.2) is 0 Å². The molecular weight excluding hydrogens is 402 g/mol. The van der Waals surface area contributed by atoms with Crippen molar-refractivity contribution >= 4 is 23.8 Å². The van der Waals surface area contributed by atoms with Gasteiger partial charge < -0.3 is 26.2 Å². The smallest absolute Gasteiger partial charge is 0.317 e. The molecular formula is C17H31N5O8. The van der Waals surface area contributed by atoms with Crippen molar-refractivity contribution in [3.8, 4) is 0 Å². The van der Waals surface area contributed by atoms with E-state index in [9.17, 15) is 24.3 Å². The molecule has 6 N–H and O–H groups in total. The molecule has 0 spiro atoms. The fourth-order valence-electron chi connectivity index (χ4n) is 3.30. The Morgan fingerprint density at radius 3 is 1.20 bits per heavy atom. The standard InChI is InChI=1S/C17H31N5O8/c18-17(30)13(12-23)22-7-5-20(10-15(26)27)3-1-19(9-14(24)25)2-4-21(6-8-22)11-16(28)29/h13,23H,1-12H2,(H2,18,30)(H,24,25)(H,26,27)(H,28,29). The molecule has 1 heterocycles. The summed E-state index contributed by atoms with van der Waals surface area (Å²) >= 11 is 0. The number of rotatable bonds is 9. The molecule has 0 aromatic carbocycles. The number of amides is 1. The summed E-state index contributed by atoms with van der Waals surface area (Å²) in [5.41, 5.74) is 5.37. The zero-order valence-electron chi connectivity index (χ0n) is 16.9. The Hall–Kier alpha value is -2.32. The first-order chi connectivity index (χ1) is 14.1. The minimum absolute atomic E-state index is 0.224. The van der Waals surface area contributed by atoms with Crippen LogP contribution in [0.15, 0.2) is 0 Å². The molecule has 13 nitrogen and oxygen atoms in total. The van der Waals surface area contributed by atoms with Crippen LogP contribution in [-0.4, -0.2) is 148 Å². The monoisotopic (exact) mass is 433 g/mol. The van der Waals surface area contributed by atoms with Gasteiger partial charge in [0.25, 0.3) is 0 Å². The Balaban J connectivity index is 3.03. The molecule has 30 heavy (non-hydrogen) atoms. The van der Waals surface area contributed by atoms with Crippen LogP contribution >= 0.6 is 0 Å². The first kappa shape index (κ1) is 25.7. The quantitative estimate of drug-likeness (QED) is 0.240. The van der Waals surface area contributed by atoms with E-state index in [2.05, 4.69) is 0 Å². The van der Waals surface area contributed by atoms with E-state index >= 15 is 0 Å². The van der Waals surface area contributed by atoms with Crippen molar-refractivity contribution in [1.29, 1.82) is 0 Å². The van der Waals surface area contributed by atoms with Crippen molar-refractivity contribution in [3.63, 3.8) is 0 Å². The third-order valence-electron chi connectivity index (χ3n) is 4.89. The summed E-state index contributed by atoms with van der Waals surface area (Å²) in [5.74, 6) is -3.85. The van der Waals surface area contributed by atoms with E-state index in [1.54, 1.807) is 19.6 Å². The number of carbonyl (C=O) groups is 4. The number of hydrogen-bond acceptors (Lipinski definition) is 9. The normalized spacial score (nSPS) is 20.0. The molecule has 0 radical (unpaired) electrons. The lowest BCUT2D eigenvalue weighted by Gasteiger charge is -2.35. The molecule has 1 saturated heterocycles. The molecule has 0 aliphatic carbocycles. The molecule has 1 aliphatic rings. The van der Waals surface area contributed by atoms with Crippen molar-refractivity contribution in [3.05, 3.63) is 0 Å². The van der Waals surface area contributed by atoms with Gasteiger partial charge in [-0.15, -0.1) is 0 Å². The Labute approximate surface area is 174 Å². The third kappa shape index (κ3) is 9.93. The zero-order valence-corrected chi connectivity index (χ0v) is 16.9. The van der Waals surface area contributed by atoms with E-state index in [4.69, 9.17) is 21.1 Å². The van der Waals surface area contributed by atoms with Crippen molar-refractivity contribution in [2.75, 3.05) is 78.6 Å². The first-order valence-corrected chi connectivity index (χ1v) is 9.59. The van der Waals surface area contributed by atoms with E-state index in [0.29, 0.717) is 0 Å². The average Bonchev–Trinajstić information content (AvgIpc) is 2.62. The Morgan fingerprint density at radius 1 is 0.667 bits per heavy atom. The Kier molecular flexibility index (Phi) is 11.2. The summed E-state index contributed by atoms with van der Waals surface area (Å²) < 4.78 is 0. The van der Waals surface area contributed by atoms with Crippen LogP contribution in [-0.2, 0) is 19.2 Å². The number of nitrogens with zero attached hydrogens (tertiary/aromatic N) is 4. The minimum atomic E-state index is -1.04. The highest BCUT2D eigenvalue weighted by atomic mass is 16.4. The van der Waals surface area contributed by atoms with Crippen molar-refractivity contribution in [2.45, 2.75) is 6.04 Å². The molecule has 0 saturated carbocycles. The van der Waals surface area contributed by atoms with Crippen molar-refractivity contribution in [1.82, 2.24) is 19.6 Å². The minimum Gasteiger partial charge on any atom is -0.480 e. The number of aliphatic carboxylic acids is 3. The van der Waals surface area contributed by atoms with E-state index in [-0.39, 0.29) is 72.0 Å². The molecule has 1 rings (SSSR count). The molecule has 1 unspecified atom stereocenters. The molecule has 1 fully saturated rings. The van der Waals surface area contributed by atoms with Crippen LogP contribution in [0.1, 0.15) is 0 Å². The van der Waals surface area contributed by atoms with Gasteiger partial charge >= 0.3 is 17.9 Å². The van der Waals surface area contributed by atoms with E-state index < -0.39 is 36.5 Å². The van der Waals surface area contributed by atoms with Gasteiger partial charge in [0.15, 0.2) is 0 Å². The summed E-state index contributed by atoms with van der Waals surface area (Å²) in [6.07, 6.45) is 0. The Bertz CT molecular complexity index is 573. The maximum Gasteiger partial charge on any atom is 0.317 e. The van der Waals surface area contributed by atoms with Gasteiger partial charge in [-0.2, -0.15) is 0 Å². The van der Waals surface area contributed by atoms with Crippen LogP contribution in [0.5, 0.6) is 0 Å². The molecule has 1 atom stereocenters. The lowest BCUT2D eigenvalue weighted by atomic mass is 10.2. The molecule has 172 valence electrons. The van der Waals surface area contributed by atoms with Crippen LogP contribution in [0.4, 0.5) is 0 Å². The van der Waals surface area contributed by atoms with Gasteiger partial charge in [-0.05, 0) is 0 Å². The van der Waals surface area contributed by atoms with Crippen LogP contribution in [0.2, 0.25) is 0 Å². The predicted molar refractivity (Wildman–Crippen MR) is 104 cm³/mol. The summed E-state index contributed by atoms with van der Waals surface area (Å²) in [6, 6.07) is -0.977. The largest absolute Gasteiger partial charge is 0.480 e. The van der Waals surface area contributed by atoms with Crippen LogP contribution in [0.3, 0.4) is 0 Å². The number of primary amides is 1. The highest BCUT2D eigenvalue weighted by Gasteiger charge is 2.26. The number of carbonyl (C=O) groups excluding carboxylic acids is 1. The fourth-order valence-corrected chi connectivity index (χ4v) is 3.30. The van der Waals surface area contributed by atoms with Crippen LogP contribution < -0.4 is 5.73 Å². The number of carboxylic acid groups (broad SMARTS) is 3. The molecule has 0 aromatic rings. The van der Waals surface area contributed by atoms with Crippen molar-refractivity contribution < 1.29 is 39.6 Å². The molecule has 0 bridgehead atoms. The third-order valence-corrected chi connectivity index (χ3v) is 4.89. The number of aliphatic hydroxyl groups excluding tert-OH is 1. The lowest BCUT2D eigenvalue weighted by molar-refractivity contribution is -0.140. The first-order valence-electron chi connectivity index (χ1n) is 9.59. The summed E-state index contributed by atoms with van der Waals surface area (Å²) in [4.78, 5) is 51.7. The zero-order chi connectivity index (χ0) is 22.7. The summed E-state index contributed by atoms with van der Waals surface area (Å²) in [7, 11) is 0. The Morgan fingerprint density at radius 2 is 0.967 bits per heavy atom. The maximum absolute atomic E-state index is 11.7. The van der Waals surface area contributed by atoms with Gasteiger partial charge in [0, 0.05) is 52.4 Å². The van der Waals surface area contributed by atoms with Gasteiger partial charge in [0.1, 0.15) is 6.04 Å². The molecule has 13 heteroatoms. The molecule has 0 aromatic heterocycles. The second-order valence-electron chi connectivity index (χ2n) is 7.15. The lowest BCUT2D eigenvalue weighted by Crippen LogP contribution is -2.54. The predicted octanol–water partition coefficient (Wildman–Crippen LogP) is -3.69. The van der Waals surface area contributed by atoms with Crippen LogP contribution in [0.25, 0.3) is 0 Å². The SMILES string of the molecule is NC(=O)C(CO)N1CCN(CC(=O)O)CCN(CC(=O)O)CCN(CC(=O)O)CC1. The number of hydrogen-bond donors (Lipinski definition) is 5. The highest BCUT2D eigenvalue weighted by molar-refractivity contribution is 5.80.